The second-order valence-corrected chi connectivity index (χ2v) is 3.94. The Labute approximate surface area is 80.9 Å². The standard InChI is InChI=1S/C8H14BrNO2/c9-4-7-2-1-3-10(5-7)6-8(11)12/h7H,1-6H2,(H,11,12)/t7-/m1/s1. The molecule has 0 aromatic heterocycles. The summed E-state index contributed by atoms with van der Waals surface area (Å²) in [5.41, 5.74) is 0. The Morgan fingerprint density at radius 1 is 1.67 bits per heavy atom. The molecule has 12 heavy (non-hydrogen) atoms. The molecule has 1 heterocycles. The number of aliphatic carboxylic acids is 1. The van der Waals surface area contributed by atoms with Crippen molar-refractivity contribution in [1.29, 1.82) is 0 Å². The number of carbonyl (C=O) groups is 1. The molecular weight excluding hydrogens is 222 g/mol. The van der Waals surface area contributed by atoms with Crippen LogP contribution in [0.5, 0.6) is 0 Å². The van der Waals surface area contributed by atoms with Crippen LogP contribution in [0, 0.1) is 5.92 Å². The molecule has 1 aliphatic rings. The minimum absolute atomic E-state index is 0.198. The molecule has 1 fully saturated rings. The number of halogens is 1. The number of nitrogens with zero attached hydrogens (tertiary/aromatic N) is 1. The highest BCUT2D eigenvalue weighted by Crippen LogP contribution is 2.17. The zero-order chi connectivity index (χ0) is 8.97. The van der Waals surface area contributed by atoms with Gasteiger partial charge >= 0.3 is 5.97 Å². The lowest BCUT2D eigenvalue weighted by Crippen LogP contribution is -2.39. The van der Waals surface area contributed by atoms with Gasteiger partial charge in [-0.15, -0.1) is 0 Å². The van der Waals surface area contributed by atoms with Crippen LogP contribution in [0.2, 0.25) is 0 Å². The molecule has 0 bridgehead atoms. The first-order chi connectivity index (χ1) is 5.72. The number of alkyl halides is 1. The van der Waals surface area contributed by atoms with E-state index in [4.69, 9.17) is 5.11 Å². The lowest BCUT2D eigenvalue weighted by Gasteiger charge is -2.30. The SMILES string of the molecule is O=C(O)CN1CCC[C@H](CBr)C1. The zero-order valence-electron chi connectivity index (χ0n) is 7.00. The second kappa shape index (κ2) is 4.82. The van der Waals surface area contributed by atoms with Gasteiger partial charge in [0.2, 0.25) is 0 Å². The van der Waals surface area contributed by atoms with Crippen LogP contribution in [0.4, 0.5) is 0 Å². The van der Waals surface area contributed by atoms with Crippen molar-refractivity contribution in [3.63, 3.8) is 0 Å². The maximum Gasteiger partial charge on any atom is 0.317 e. The summed E-state index contributed by atoms with van der Waals surface area (Å²) in [5, 5.41) is 9.56. The zero-order valence-corrected chi connectivity index (χ0v) is 8.59. The molecule has 3 nitrogen and oxygen atoms in total. The molecule has 0 saturated carbocycles. The van der Waals surface area contributed by atoms with Crippen LogP contribution in [0.3, 0.4) is 0 Å². The molecule has 1 atom stereocenters. The molecule has 0 aromatic carbocycles. The first-order valence-electron chi connectivity index (χ1n) is 4.22. The summed E-state index contributed by atoms with van der Waals surface area (Å²) in [7, 11) is 0. The number of carboxylic acid groups (broad SMARTS) is 1. The summed E-state index contributed by atoms with van der Waals surface area (Å²) < 4.78 is 0. The average Bonchev–Trinajstić information content (AvgIpc) is 2.03. The summed E-state index contributed by atoms with van der Waals surface area (Å²) in [4.78, 5) is 12.4. The fraction of sp³-hybridized carbons (Fsp3) is 0.875. The van der Waals surface area contributed by atoms with Crippen molar-refractivity contribution in [1.82, 2.24) is 4.90 Å². The third kappa shape index (κ3) is 3.11. The predicted octanol–water partition coefficient (Wildman–Crippen LogP) is 1.18. The molecule has 1 saturated heterocycles. The Morgan fingerprint density at radius 2 is 2.42 bits per heavy atom. The minimum Gasteiger partial charge on any atom is -0.480 e. The van der Waals surface area contributed by atoms with Crippen molar-refractivity contribution in [2.45, 2.75) is 12.8 Å². The van der Waals surface area contributed by atoms with Crippen LogP contribution < -0.4 is 0 Å². The Bertz CT molecular complexity index is 163. The molecule has 1 rings (SSSR count). The minimum atomic E-state index is -0.717. The van der Waals surface area contributed by atoms with E-state index in [1.165, 1.54) is 6.42 Å². The summed E-state index contributed by atoms with van der Waals surface area (Å²) >= 11 is 3.43. The fourth-order valence-corrected chi connectivity index (χ4v) is 2.14. The second-order valence-electron chi connectivity index (χ2n) is 3.29. The highest BCUT2D eigenvalue weighted by molar-refractivity contribution is 9.09. The maximum absolute atomic E-state index is 10.4. The smallest absolute Gasteiger partial charge is 0.317 e. The molecule has 0 spiro atoms. The monoisotopic (exact) mass is 235 g/mol. The summed E-state index contributed by atoms with van der Waals surface area (Å²) in [6.45, 7) is 2.07. The normalized spacial score (nSPS) is 25.6. The molecule has 0 radical (unpaired) electrons. The first-order valence-corrected chi connectivity index (χ1v) is 5.34. The lowest BCUT2D eigenvalue weighted by atomic mass is 10.0. The van der Waals surface area contributed by atoms with Gasteiger partial charge in [-0.05, 0) is 25.3 Å². The Morgan fingerprint density at radius 3 is 3.00 bits per heavy atom. The van der Waals surface area contributed by atoms with Gasteiger partial charge in [-0.3, -0.25) is 9.69 Å². The third-order valence-electron chi connectivity index (χ3n) is 2.18. The summed E-state index contributed by atoms with van der Waals surface area (Å²) in [6.07, 6.45) is 2.35. The average molecular weight is 236 g/mol. The number of hydrogen-bond donors (Lipinski definition) is 1. The van der Waals surface area contributed by atoms with Gasteiger partial charge < -0.3 is 5.11 Å². The van der Waals surface area contributed by atoms with Gasteiger partial charge in [0, 0.05) is 11.9 Å². The number of piperidine rings is 1. The van der Waals surface area contributed by atoms with Crippen molar-refractivity contribution in [3.8, 4) is 0 Å². The van der Waals surface area contributed by atoms with Gasteiger partial charge in [-0.2, -0.15) is 0 Å². The predicted molar refractivity (Wildman–Crippen MR) is 50.6 cm³/mol. The van der Waals surface area contributed by atoms with E-state index in [9.17, 15) is 4.79 Å². The fourth-order valence-electron chi connectivity index (χ4n) is 1.61. The van der Waals surface area contributed by atoms with Crippen LogP contribution in [0.25, 0.3) is 0 Å². The topological polar surface area (TPSA) is 40.5 Å². The van der Waals surface area contributed by atoms with Gasteiger partial charge in [0.15, 0.2) is 0 Å². The van der Waals surface area contributed by atoms with E-state index in [2.05, 4.69) is 15.9 Å². The van der Waals surface area contributed by atoms with Crippen molar-refractivity contribution in [2.24, 2.45) is 5.92 Å². The molecule has 70 valence electrons. The Hall–Kier alpha value is -0.0900. The molecule has 0 aliphatic carbocycles. The van der Waals surface area contributed by atoms with E-state index < -0.39 is 5.97 Å². The van der Waals surface area contributed by atoms with Crippen LogP contribution in [-0.2, 0) is 4.79 Å². The highest BCUT2D eigenvalue weighted by atomic mass is 79.9. The van der Waals surface area contributed by atoms with Crippen molar-refractivity contribution in [2.75, 3.05) is 25.0 Å². The number of rotatable bonds is 3. The van der Waals surface area contributed by atoms with E-state index >= 15 is 0 Å². The summed E-state index contributed by atoms with van der Waals surface area (Å²) in [6, 6.07) is 0. The van der Waals surface area contributed by atoms with Gasteiger partial charge in [-0.25, -0.2) is 0 Å². The van der Waals surface area contributed by atoms with E-state index in [1.807, 2.05) is 4.90 Å². The Kier molecular flexibility index (Phi) is 4.01. The van der Waals surface area contributed by atoms with E-state index in [0.717, 1.165) is 24.8 Å². The number of likely N-dealkylation sites (tertiary alicyclic amines) is 1. The summed E-state index contributed by atoms with van der Waals surface area (Å²) in [5.74, 6) is -0.0803. The maximum atomic E-state index is 10.4. The highest BCUT2D eigenvalue weighted by Gasteiger charge is 2.19. The van der Waals surface area contributed by atoms with E-state index in [1.54, 1.807) is 0 Å². The van der Waals surface area contributed by atoms with E-state index in [0.29, 0.717) is 5.92 Å². The van der Waals surface area contributed by atoms with Crippen molar-refractivity contribution >= 4 is 21.9 Å². The molecular formula is C8H14BrNO2. The van der Waals surface area contributed by atoms with Gasteiger partial charge in [0.25, 0.3) is 0 Å². The van der Waals surface area contributed by atoms with Crippen LogP contribution in [-0.4, -0.2) is 40.9 Å². The van der Waals surface area contributed by atoms with Crippen LogP contribution in [0.1, 0.15) is 12.8 Å². The lowest BCUT2D eigenvalue weighted by molar-refractivity contribution is -0.138. The molecule has 0 unspecified atom stereocenters. The van der Waals surface area contributed by atoms with Crippen LogP contribution in [0.15, 0.2) is 0 Å². The molecule has 1 aliphatic heterocycles. The Balaban J connectivity index is 2.30. The third-order valence-corrected chi connectivity index (χ3v) is 3.10. The quantitative estimate of drug-likeness (QED) is 0.748. The first kappa shape index (κ1) is 9.99. The van der Waals surface area contributed by atoms with Crippen molar-refractivity contribution < 1.29 is 9.90 Å². The number of hydrogen-bond acceptors (Lipinski definition) is 2. The van der Waals surface area contributed by atoms with Gasteiger partial charge in [0.1, 0.15) is 0 Å². The van der Waals surface area contributed by atoms with Crippen LogP contribution >= 0.6 is 15.9 Å². The molecule has 0 amide bonds. The van der Waals surface area contributed by atoms with Gasteiger partial charge in [-0.1, -0.05) is 15.9 Å². The molecule has 1 N–H and O–H groups in total. The van der Waals surface area contributed by atoms with Crippen molar-refractivity contribution in [3.05, 3.63) is 0 Å². The largest absolute Gasteiger partial charge is 0.480 e. The van der Waals surface area contributed by atoms with Gasteiger partial charge in [0.05, 0.1) is 6.54 Å². The van der Waals surface area contributed by atoms with E-state index in [-0.39, 0.29) is 6.54 Å². The molecule has 0 aromatic rings. The molecule has 4 heteroatoms. The number of carboxylic acids is 1.